The van der Waals surface area contributed by atoms with Crippen LogP contribution < -0.4 is 10.6 Å². The molecule has 0 aromatic rings. The van der Waals surface area contributed by atoms with E-state index in [1.807, 2.05) is 13.8 Å². The molecule has 4 nitrogen and oxygen atoms in total. The lowest BCUT2D eigenvalue weighted by atomic mass is 9.85. The predicted octanol–water partition coefficient (Wildman–Crippen LogP) is 1.55. The van der Waals surface area contributed by atoms with Gasteiger partial charge in [-0.25, -0.2) is 0 Å². The van der Waals surface area contributed by atoms with Gasteiger partial charge in [-0.2, -0.15) is 0 Å². The van der Waals surface area contributed by atoms with E-state index in [-0.39, 0.29) is 11.4 Å². The summed E-state index contributed by atoms with van der Waals surface area (Å²) >= 11 is 0. The first-order chi connectivity index (χ1) is 8.44. The molecule has 4 heteroatoms. The standard InChI is InChI=1S/C14H28N2O2/c1-11(12-6-5-7-15-9-12)8-13(17)16-14(2,3)10-18-4/h11-12,15H,5-10H2,1-4H3,(H,16,17). The molecule has 106 valence electrons. The average Bonchev–Trinajstić information content (AvgIpc) is 2.28. The van der Waals surface area contributed by atoms with Crippen LogP contribution in [-0.4, -0.2) is 38.3 Å². The normalized spacial score (nSPS) is 22.6. The number of carbonyl (C=O) groups is 1. The van der Waals surface area contributed by atoms with Gasteiger partial charge in [0.2, 0.25) is 5.91 Å². The van der Waals surface area contributed by atoms with E-state index in [4.69, 9.17) is 4.74 Å². The van der Waals surface area contributed by atoms with Crippen LogP contribution in [-0.2, 0) is 9.53 Å². The topological polar surface area (TPSA) is 50.4 Å². The second-order valence-electron chi connectivity index (χ2n) is 6.15. The van der Waals surface area contributed by atoms with Crippen molar-refractivity contribution >= 4 is 5.91 Å². The molecule has 0 aromatic heterocycles. The fraction of sp³-hybridized carbons (Fsp3) is 0.929. The molecule has 1 aliphatic heterocycles. The smallest absolute Gasteiger partial charge is 0.220 e. The lowest BCUT2D eigenvalue weighted by Gasteiger charge is -2.30. The van der Waals surface area contributed by atoms with E-state index in [9.17, 15) is 4.79 Å². The molecule has 0 saturated carbocycles. The minimum Gasteiger partial charge on any atom is -0.382 e. The fourth-order valence-corrected chi connectivity index (χ4v) is 2.65. The summed E-state index contributed by atoms with van der Waals surface area (Å²) in [6, 6.07) is 0. The van der Waals surface area contributed by atoms with E-state index in [0.29, 0.717) is 24.9 Å². The van der Waals surface area contributed by atoms with Crippen molar-refractivity contribution in [2.45, 2.75) is 45.6 Å². The van der Waals surface area contributed by atoms with Gasteiger partial charge in [-0.1, -0.05) is 6.92 Å². The third-order valence-corrected chi connectivity index (χ3v) is 3.63. The maximum atomic E-state index is 12.0. The van der Waals surface area contributed by atoms with Crippen molar-refractivity contribution in [2.75, 3.05) is 26.8 Å². The molecule has 0 aromatic carbocycles. The number of carbonyl (C=O) groups excluding carboxylic acids is 1. The minimum atomic E-state index is -0.281. The van der Waals surface area contributed by atoms with Crippen LogP contribution in [0.1, 0.15) is 40.0 Å². The highest BCUT2D eigenvalue weighted by Crippen LogP contribution is 2.22. The Balaban J connectivity index is 2.34. The van der Waals surface area contributed by atoms with Crippen LogP contribution in [0.15, 0.2) is 0 Å². The summed E-state index contributed by atoms with van der Waals surface area (Å²) in [4.78, 5) is 12.0. The monoisotopic (exact) mass is 256 g/mol. The molecule has 18 heavy (non-hydrogen) atoms. The van der Waals surface area contributed by atoms with E-state index in [1.165, 1.54) is 12.8 Å². The molecule has 1 heterocycles. The SMILES string of the molecule is COCC(C)(C)NC(=O)CC(C)C1CCCNC1. The number of methoxy groups -OCH3 is 1. The Morgan fingerprint density at radius 1 is 1.56 bits per heavy atom. The van der Waals surface area contributed by atoms with Gasteiger partial charge in [0.25, 0.3) is 0 Å². The molecule has 1 aliphatic rings. The predicted molar refractivity (Wildman–Crippen MR) is 73.5 cm³/mol. The molecular weight excluding hydrogens is 228 g/mol. The molecule has 0 bridgehead atoms. The molecule has 2 atom stereocenters. The lowest BCUT2D eigenvalue weighted by Crippen LogP contribution is -2.47. The number of nitrogens with one attached hydrogen (secondary N) is 2. The number of ether oxygens (including phenoxy) is 1. The zero-order chi connectivity index (χ0) is 13.6. The van der Waals surface area contributed by atoms with Crippen molar-refractivity contribution in [3.8, 4) is 0 Å². The second kappa shape index (κ2) is 7.10. The Bertz CT molecular complexity index is 261. The first-order valence-corrected chi connectivity index (χ1v) is 6.95. The van der Waals surface area contributed by atoms with Crippen molar-refractivity contribution in [1.82, 2.24) is 10.6 Å². The van der Waals surface area contributed by atoms with Gasteiger partial charge in [0.1, 0.15) is 0 Å². The highest BCUT2D eigenvalue weighted by Gasteiger charge is 2.25. The van der Waals surface area contributed by atoms with Gasteiger partial charge in [-0.3, -0.25) is 4.79 Å². The molecule has 1 saturated heterocycles. The summed E-state index contributed by atoms with van der Waals surface area (Å²) in [5, 5.41) is 6.45. The highest BCUT2D eigenvalue weighted by molar-refractivity contribution is 5.77. The minimum absolute atomic E-state index is 0.134. The van der Waals surface area contributed by atoms with Crippen LogP contribution in [0.4, 0.5) is 0 Å². The van der Waals surface area contributed by atoms with Crippen molar-refractivity contribution in [3.05, 3.63) is 0 Å². The van der Waals surface area contributed by atoms with Gasteiger partial charge >= 0.3 is 0 Å². The Labute approximate surface area is 111 Å². The van der Waals surface area contributed by atoms with Crippen molar-refractivity contribution in [1.29, 1.82) is 0 Å². The fourth-order valence-electron chi connectivity index (χ4n) is 2.65. The van der Waals surface area contributed by atoms with Crippen molar-refractivity contribution in [2.24, 2.45) is 11.8 Å². The Kier molecular flexibility index (Phi) is 6.09. The molecule has 1 fully saturated rings. The Morgan fingerprint density at radius 2 is 2.28 bits per heavy atom. The van der Waals surface area contributed by atoms with Crippen LogP contribution in [0, 0.1) is 11.8 Å². The van der Waals surface area contributed by atoms with Crippen LogP contribution >= 0.6 is 0 Å². The van der Waals surface area contributed by atoms with Crippen molar-refractivity contribution < 1.29 is 9.53 Å². The molecule has 0 radical (unpaired) electrons. The van der Waals surface area contributed by atoms with Crippen LogP contribution in [0.3, 0.4) is 0 Å². The average molecular weight is 256 g/mol. The van der Waals surface area contributed by atoms with E-state index in [0.717, 1.165) is 13.1 Å². The molecule has 1 amide bonds. The zero-order valence-electron chi connectivity index (χ0n) is 12.2. The Morgan fingerprint density at radius 3 is 2.83 bits per heavy atom. The summed E-state index contributed by atoms with van der Waals surface area (Å²) in [6.45, 7) is 8.87. The van der Waals surface area contributed by atoms with Crippen LogP contribution in [0.5, 0.6) is 0 Å². The summed E-state index contributed by atoms with van der Waals surface area (Å²) < 4.78 is 5.10. The number of hydrogen-bond acceptors (Lipinski definition) is 3. The maximum Gasteiger partial charge on any atom is 0.220 e. The van der Waals surface area contributed by atoms with Crippen molar-refractivity contribution in [3.63, 3.8) is 0 Å². The van der Waals surface area contributed by atoms with Gasteiger partial charge in [0.05, 0.1) is 12.1 Å². The first kappa shape index (κ1) is 15.4. The first-order valence-electron chi connectivity index (χ1n) is 6.95. The summed E-state index contributed by atoms with van der Waals surface area (Å²) in [6.07, 6.45) is 3.08. The number of amides is 1. The summed E-state index contributed by atoms with van der Waals surface area (Å²) in [5.74, 6) is 1.21. The molecule has 2 N–H and O–H groups in total. The molecule has 2 unspecified atom stereocenters. The van der Waals surface area contributed by atoms with Gasteiger partial charge in [0, 0.05) is 13.5 Å². The van der Waals surface area contributed by atoms with Gasteiger partial charge in [0.15, 0.2) is 0 Å². The third-order valence-electron chi connectivity index (χ3n) is 3.63. The van der Waals surface area contributed by atoms with E-state index in [1.54, 1.807) is 7.11 Å². The van der Waals surface area contributed by atoms with Gasteiger partial charge in [-0.15, -0.1) is 0 Å². The number of piperidine rings is 1. The number of rotatable bonds is 6. The lowest BCUT2D eigenvalue weighted by molar-refractivity contribution is -0.124. The second-order valence-corrected chi connectivity index (χ2v) is 6.15. The van der Waals surface area contributed by atoms with Gasteiger partial charge < -0.3 is 15.4 Å². The van der Waals surface area contributed by atoms with E-state index >= 15 is 0 Å². The summed E-state index contributed by atoms with van der Waals surface area (Å²) in [7, 11) is 1.66. The Hall–Kier alpha value is -0.610. The maximum absolute atomic E-state index is 12.0. The third kappa shape index (κ3) is 5.36. The molecule has 1 rings (SSSR count). The molecule has 0 spiro atoms. The van der Waals surface area contributed by atoms with E-state index in [2.05, 4.69) is 17.6 Å². The zero-order valence-corrected chi connectivity index (χ0v) is 12.2. The molecular formula is C14H28N2O2. The van der Waals surface area contributed by atoms with Crippen LogP contribution in [0.2, 0.25) is 0 Å². The van der Waals surface area contributed by atoms with E-state index < -0.39 is 0 Å². The van der Waals surface area contributed by atoms with Gasteiger partial charge in [-0.05, 0) is 51.6 Å². The number of hydrogen-bond donors (Lipinski definition) is 2. The summed E-state index contributed by atoms with van der Waals surface area (Å²) in [5.41, 5.74) is -0.281. The van der Waals surface area contributed by atoms with Crippen LogP contribution in [0.25, 0.3) is 0 Å². The highest BCUT2D eigenvalue weighted by atomic mass is 16.5. The molecule has 0 aliphatic carbocycles. The largest absolute Gasteiger partial charge is 0.382 e. The quantitative estimate of drug-likeness (QED) is 0.758.